The zero-order valence-corrected chi connectivity index (χ0v) is 9.74. The van der Waals surface area contributed by atoms with Crippen molar-refractivity contribution in [3.63, 3.8) is 0 Å². The molecular weight excluding hydrogens is 210 g/mol. The van der Waals surface area contributed by atoms with Crippen LogP contribution >= 0.6 is 0 Å². The second-order valence-electron chi connectivity index (χ2n) is 4.01. The molecule has 0 amide bonds. The number of hydrogen-bond donors (Lipinski definition) is 2. The lowest BCUT2D eigenvalue weighted by atomic mass is 10.2. The molecule has 90 valence electrons. The molecule has 16 heavy (non-hydrogen) atoms. The predicted molar refractivity (Wildman–Crippen MR) is 58.0 cm³/mol. The first-order valence-corrected chi connectivity index (χ1v) is 5.18. The third kappa shape index (κ3) is 3.67. The highest BCUT2D eigenvalue weighted by molar-refractivity contribution is 5.88. The molecule has 5 heteroatoms. The number of furan rings is 1. The van der Waals surface area contributed by atoms with Gasteiger partial charge in [-0.25, -0.2) is 4.79 Å². The molecule has 0 fully saturated rings. The molecule has 1 rings (SSSR count). The first-order valence-electron chi connectivity index (χ1n) is 5.18. The number of nitrogens with one attached hydrogen (secondary N) is 1. The first-order chi connectivity index (χ1) is 7.50. The molecule has 0 radical (unpaired) electrons. The van der Waals surface area contributed by atoms with E-state index in [2.05, 4.69) is 5.48 Å². The van der Waals surface area contributed by atoms with E-state index >= 15 is 0 Å². The summed E-state index contributed by atoms with van der Waals surface area (Å²) >= 11 is 0. The van der Waals surface area contributed by atoms with Crippen molar-refractivity contribution in [3.05, 3.63) is 23.2 Å². The summed E-state index contributed by atoms with van der Waals surface area (Å²) in [5, 5.41) is 8.81. The van der Waals surface area contributed by atoms with Crippen LogP contribution in [0.25, 0.3) is 0 Å². The van der Waals surface area contributed by atoms with Crippen molar-refractivity contribution in [2.75, 3.05) is 6.61 Å². The van der Waals surface area contributed by atoms with E-state index in [0.29, 0.717) is 30.6 Å². The van der Waals surface area contributed by atoms with Crippen molar-refractivity contribution >= 4 is 5.97 Å². The van der Waals surface area contributed by atoms with Crippen LogP contribution in [0.3, 0.4) is 0 Å². The van der Waals surface area contributed by atoms with Crippen molar-refractivity contribution in [2.45, 2.75) is 27.3 Å². The minimum Gasteiger partial charge on any atom is -0.478 e. The van der Waals surface area contributed by atoms with Crippen molar-refractivity contribution < 1.29 is 19.2 Å². The average Bonchev–Trinajstić information content (AvgIpc) is 2.54. The highest BCUT2D eigenvalue weighted by atomic mass is 16.6. The largest absolute Gasteiger partial charge is 0.478 e. The standard InChI is InChI=1S/C11H17NO4/c1-7(2)6-15-12-5-9-4-10(11(13)14)8(3)16-9/h4,7,12H,5-6H2,1-3H3,(H,13,14). The van der Waals surface area contributed by atoms with Crippen molar-refractivity contribution in [1.82, 2.24) is 5.48 Å². The van der Waals surface area contributed by atoms with E-state index in [1.165, 1.54) is 6.07 Å². The lowest BCUT2D eigenvalue weighted by molar-refractivity contribution is 0.0164. The van der Waals surface area contributed by atoms with Crippen LogP contribution in [0, 0.1) is 12.8 Å². The van der Waals surface area contributed by atoms with Gasteiger partial charge in [0, 0.05) is 0 Å². The van der Waals surface area contributed by atoms with Gasteiger partial charge in [-0.1, -0.05) is 13.8 Å². The van der Waals surface area contributed by atoms with Crippen molar-refractivity contribution in [3.8, 4) is 0 Å². The SMILES string of the molecule is Cc1oc(CNOCC(C)C)cc1C(=O)O. The van der Waals surface area contributed by atoms with Crippen molar-refractivity contribution in [1.29, 1.82) is 0 Å². The van der Waals surface area contributed by atoms with E-state index in [9.17, 15) is 4.79 Å². The van der Waals surface area contributed by atoms with Crippen molar-refractivity contribution in [2.24, 2.45) is 5.92 Å². The zero-order chi connectivity index (χ0) is 12.1. The summed E-state index contributed by atoms with van der Waals surface area (Å²) < 4.78 is 5.26. The van der Waals surface area contributed by atoms with Gasteiger partial charge >= 0.3 is 5.97 Å². The molecule has 1 heterocycles. The summed E-state index contributed by atoms with van der Waals surface area (Å²) in [7, 11) is 0. The quantitative estimate of drug-likeness (QED) is 0.574. The van der Waals surface area contributed by atoms with Crippen LogP contribution in [0.15, 0.2) is 10.5 Å². The molecule has 0 spiro atoms. The van der Waals surface area contributed by atoms with Gasteiger partial charge in [0.2, 0.25) is 0 Å². The molecule has 0 saturated carbocycles. The molecular formula is C11H17NO4. The third-order valence-electron chi connectivity index (χ3n) is 1.96. The smallest absolute Gasteiger partial charge is 0.339 e. The van der Waals surface area contributed by atoms with Crippen LogP contribution in [-0.2, 0) is 11.4 Å². The molecule has 0 bridgehead atoms. The average molecular weight is 227 g/mol. The Morgan fingerprint density at radius 1 is 1.62 bits per heavy atom. The molecule has 0 aromatic carbocycles. The Hall–Kier alpha value is -1.33. The molecule has 0 aliphatic carbocycles. The Morgan fingerprint density at radius 3 is 2.81 bits per heavy atom. The predicted octanol–water partition coefficient (Wildman–Crippen LogP) is 1.96. The topological polar surface area (TPSA) is 71.7 Å². The van der Waals surface area contributed by atoms with Crippen LogP contribution in [0.2, 0.25) is 0 Å². The van der Waals surface area contributed by atoms with E-state index in [4.69, 9.17) is 14.4 Å². The first kappa shape index (κ1) is 12.7. The van der Waals surface area contributed by atoms with E-state index in [-0.39, 0.29) is 5.56 Å². The lowest BCUT2D eigenvalue weighted by Gasteiger charge is -2.05. The number of carboxylic acid groups (broad SMARTS) is 1. The Balaban J connectivity index is 2.43. The number of carbonyl (C=O) groups is 1. The van der Waals surface area contributed by atoms with Gasteiger partial charge < -0.3 is 14.4 Å². The van der Waals surface area contributed by atoms with Crippen LogP contribution in [-0.4, -0.2) is 17.7 Å². The second-order valence-corrected chi connectivity index (χ2v) is 4.01. The van der Waals surface area contributed by atoms with Crippen LogP contribution < -0.4 is 5.48 Å². The normalized spacial score (nSPS) is 11.0. The molecule has 1 aromatic rings. The summed E-state index contributed by atoms with van der Waals surface area (Å²) in [5.74, 6) is 0.433. The molecule has 5 nitrogen and oxygen atoms in total. The minimum atomic E-state index is -0.976. The molecule has 2 N–H and O–H groups in total. The van der Waals surface area contributed by atoms with E-state index < -0.39 is 5.97 Å². The molecule has 0 aliphatic heterocycles. The number of aromatic carboxylic acids is 1. The molecule has 0 saturated heterocycles. The maximum atomic E-state index is 10.7. The Morgan fingerprint density at radius 2 is 2.31 bits per heavy atom. The number of hydrogen-bond acceptors (Lipinski definition) is 4. The van der Waals surface area contributed by atoms with Crippen LogP contribution in [0.1, 0.15) is 35.7 Å². The zero-order valence-electron chi connectivity index (χ0n) is 9.74. The van der Waals surface area contributed by atoms with Gasteiger partial charge in [0.25, 0.3) is 0 Å². The van der Waals surface area contributed by atoms with Gasteiger partial charge in [-0.3, -0.25) is 0 Å². The fourth-order valence-corrected chi connectivity index (χ4v) is 1.19. The van der Waals surface area contributed by atoms with E-state index in [1.54, 1.807) is 6.92 Å². The van der Waals surface area contributed by atoms with E-state index in [1.807, 2.05) is 13.8 Å². The van der Waals surface area contributed by atoms with Gasteiger partial charge in [-0.05, 0) is 18.9 Å². The van der Waals surface area contributed by atoms with E-state index in [0.717, 1.165) is 0 Å². The summed E-state index contributed by atoms with van der Waals surface area (Å²) in [5.41, 5.74) is 2.92. The maximum Gasteiger partial charge on any atom is 0.339 e. The van der Waals surface area contributed by atoms with Gasteiger partial charge in [0.05, 0.1) is 13.2 Å². The van der Waals surface area contributed by atoms with Gasteiger partial charge in [-0.2, -0.15) is 5.48 Å². The Labute approximate surface area is 94.4 Å². The maximum absolute atomic E-state index is 10.7. The number of carboxylic acids is 1. The fraction of sp³-hybridized carbons (Fsp3) is 0.545. The molecule has 0 aliphatic rings. The van der Waals surface area contributed by atoms with Gasteiger partial charge in [0.1, 0.15) is 17.1 Å². The molecule has 1 aromatic heterocycles. The van der Waals surface area contributed by atoms with Gasteiger partial charge in [0.15, 0.2) is 0 Å². The highest BCUT2D eigenvalue weighted by Gasteiger charge is 2.13. The van der Waals surface area contributed by atoms with Gasteiger partial charge in [-0.15, -0.1) is 0 Å². The highest BCUT2D eigenvalue weighted by Crippen LogP contribution is 2.14. The molecule has 0 unspecified atom stereocenters. The molecule has 0 atom stereocenters. The third-order valence-corrected chi connectivity index (χ3v) is 1.96. The Bertz CT molecular complexity index is 357. The summed E-state index contributed by atoms with van der Waals surface area (Å²) in [4.78, 5) is 15.9. The fourth-order valence-electron chi connectivity index (χ4n) is 1.19. The second kappa shape index (κ2) is 5.67. The Kier molecular flexibility index (Phi) is 4.52. The van der Waals surface area contributed by atoms with Crippen LogP contribution in [0.5, 0.6) is 0 Å². The number of aryl methyl sites for hydroxylation is 1. The monoisotopic (exact) mass is 227 g/mol. The number of hydroxylamine groups is 1. The number of rotatable bonds is 6. The summed E-state index contributed by atoms with van der Waals surface area (Å²) in [6.07, 6.45) is 0. The summed E-state index contributed by atoms with van der Waals surface area (Å²) in [6, 6.07) is 1.50. The minimum absolute atomic E-state index is 0.195. The lowest BCUT2D eigenvalue weighted by Crippen LogP contribution is -2.17. The summed E-state index contributed by atoms with van der Waals surface area (Å²) in [6.45, 7) is 6.68. The van der Waals surface area contributed by atoms with Crippen LogP contribution in [0.4, 0.5) is 0 Å².